The van der Waals surface area contributed by atoms with E-state index in [-0.39, 0.29) is 11.2 Å². The van der Waals surface area contributed by atoms with Crippen molar-refractivity contribution in [2.75, 3.05) is 11.9 Å². The Morgan fingerprint density at radius 1 is 0.867 bits per heavy atom. The standard InChI is InChI=1S/C24H22N4OS/c1-18(23(29)27(2)20-14-8-4-9-15-20)30-24-26-25-22(19-12-6-3-7-13-19)28(24)21-16-10-5-11-17-21/h3-18H,1-2H3/t18-/m1/s1. The maximum absolute atomic E-state index is 13.0. The number of benzene rings is 3. The van der Waals surface area contributed by atoms with Gasteiger partial charge in [0, 0.05) is 24.0 Å². The Labute approximate surface area is 180 Å². The highest BCUT2D eigenvalue weighted by molar-refractivity contribution is 8.00. The van der Waals surface area contributed by atoms with Crippen LogP contribution >= 0.6 is 11.8 Å². The van der Waals surface area contributed by atoms with E-state index < -0.39 is 0 Å². The molecule has 0 unspecified atom stereocenters. The number of anilines is 1. The van der Waals surface area contributed by atoms with Gasteiger partial charge in [-0.3, -0.25) is 9.36 Å². The van der Waals surface area contributed by atoms with Crippen molar-refractivity contribution in [3.63, 3.8) is 0 Å². The average Bonchev–Trinajstić information content (AvgIpc) is 3.23. The van der Waals surface area contributed by atoms with E-state index in [4.69, 9.17) is 0 Å². The number of carbonyl (C=O) groups is 1. The van der Waals surface area contributed by atoms with Crippen LogP contribution in [0.25, 0.3) is 17.1 Å². The summed E-state index contributed by atoms with van der Waals surface area (Å²) >= 11 is 1.41. The SMILES string of the molecule is C[C@@H](Sc1nnc(-c2ccccc2)n1-c1ccccc1)C(=O)N(C)c1ccccc1. The molecule has 1 amide bonds. The van der Waals surface area contributed by atoms with E-state index in [1.165, 1.54) is 11.8 Å². The minimum Gasteiger partial charge on any atom is -0.315 e. The third-order valence-electron chi connectivity index (χ3n) is 4.78. The summed E-state index contributed by atoms with van der Waals surface area (Å²) in [5.74, 6) is 0.760. The smallest absolute Gasteiger partial charge is 0.240 e. The maximum Gasteiger partial charge on any atom is 0.240 e. The van der Waals surface area contributed by atoms with Gasteiger partial charge in [-0.05, 0) is 31.2 Å². The Kier molecular flexibility index (Phi) is 5.95. The maximum atomic E-state index is 13.0. The third kappa shape index (κ3) is 4.14. The van der Waals surface area contributed by atoms with Crippen LogP contribution in [0.3, 0.4) is 0 Å². The molecule has 0 spiro atoms. The van der Waals surface area contributed by atoms with E-state index in [9.17, 15) is 4.79 Å². The van der Waals surface area contributed by atoms with Gasteiger partial charge in [0.1, 0.15) is 0 Å². The highest BCUT2D eigenvalue weighted by Gasteiger charge is 2.24. The fraction of sp³-hybridized carbons (Fsp3) is 0.125. The second-order valence-electron chi connectivity index (χ2n) is 6.84. The lowest BCUT2D eigenvalue weighted by molar-refractivity contribution is -0.117. The van der Waals surface area contributed by atoms with Crippen LogP contribution in [-0.2, 0) is 4.79 Å². The van der Waals surface area contributed by atoms with Gasteiger partial charge in [-0.25, -0.2) is 0 Å². The Bertz CT molecular complexity index is 1110. The molecule has 5 nitrogen and oxygen atoms in total. The molecule has 0 radical (unpaired) electrons. The van der Waals surface area contributed by atoms with Gasteiger partial charge in [0.05, 0.1) is 5.25 Å². The van der Waals surface area contributed by atoms with Gasteiger partial charge >= 0.3 is 0 Å². The Hall–Kier alpha value is -3.38. The van der Waals surface area contributed by atoms with Crippen LogP contribution in [-0.4, -0.2) is 33.0 Å². The fourth-order valence-corrected chi connectivity index (χ4v) is 4.15. The van der Waals surface area contributed by atoms with Gasteiger partial charge in [0.25, 0.3) is 0 Å². The molecule has 0 saturated carbocycles. The van der Waals surface area contributed by atoms with Crippen molar-refractivity contribution in [3.8, 4) is 17.1 Å². The third-order valence-corrected chi connectivity index (χ3v) is 5.81. The van der Waals surface area contributed by atoms with Crippen LogP contribution in [0, 0.1) is 0 Å². The number of para-hydroxylation sites is 2. The molecule has 0 aliphatic carbocycles. The monoisotopic (exact) mass is 414 g/mol. The molecule has 30 heavy (non-hydrogen) atoms. The molecule has 0 bridgehead atoms. The minimum absolute atomic E-state index is 0.00933. The second kappa shape index (κ2) is 8.97. The van der Waals surface area contributed by atoms with Crippen molar-refractivity contribution in [1.29, 1.82) is 0 Å². The highest BCUT2D eigenvalue weighted by Crippen LogP contribution is 2.31. The van der Waals surface area contributed by atoms with Crippen LogP contribution < -0.4 is 4.90 Å². The average molecular weight is 415 g/mol. The van der Waals surface area contributed by atoms with Crippen LogP contribution in [0.1, 0.15) is 6.92 Å². The summed E-state index contributed by atoms with van der Waals surface area (Å²) in [5, 5.41) is 9.23. The van der Waals surface area contributed by atoms with Gasteiger partial charge in [0.2, 0.25) is 5.91 Å². The van der Waals surface area contributed by atoms with Crippen molar-refractivity contribution in [2.24, 2.45) is 0 Å². The zero-order valence-electron chi connectivity index (χ0n) is 16.8. The van der Waals surface area contributed by atoms with Gasteiger partial charge in [-0.2, -0.15) is 0 Å². The summed E-state index contributed by atoms with van der Waals surface area (Å²) in [7, 11) is 1.80. The Morgan fingerprint density at radius 2 is 1.43 bits per heavy atom. The zero-order chi connectivity index (χ0) is 20.9. The zero-order valence-corrected chi connectivity index (χ0v) is 17.7. The molecule has 1 atom stereocenters. The summed E-state index contributed by atoms with van der Waals surface area (Å²) < 4.78 is 2.01. The predicted octanol–water partition coefficient (Wildman–Crippen LogP) is 5.08. The first kappa shape index (κ1) is 19.9. The normalized spacial score (nSPS) is 11.8. The summed E-state index contributed by atoms with van der Waals surface area (Å²) in [6.07, 6.45) is 0. The number of rotatable bonds is 6. The van der Waals surface area contributed by atoms with E-state index in [1.807, 2.05) is 102 Å². The molecule has 0 N–H and O–H groups in total. The van der Waals surface area contributed by atoms with E-state index in [0.717, 1.165) is 22.8 Å². The summed E-state index contributed by atoms with van der Waals surface area (Å²) in [5.41, 5.74) is 2.80. The predicted molar refractivity (Wildman–Crippen MR) is 122 cm³/mol. The number of hydrogen-bond donors (Lipinski definition) is 0. The number of thioether (sulfide) groups is 1. The highest BCUT2D eigenvalue weighted by atomic mass is 32.2. The molecule has 0 fully saturated rings. The van der Waals surface area contributed by atoms with E-state index in [0.29, 0.717) is 5.16 Å². The lowest BCUT2D eigenvalue weighted by Crippen LogP contribution is -2.33. The molecule has 3 aromatic carbocycles. The van der Waals surface area contributed by atoms with Crippen LogP contribution in [0.4, 0.5) is 5.69 Å². The number of carbonyl (C=O) groups excluding carboxylic acids is 1. The van der Waals surface area contributed by atoms with Crippen molar-refractivity contribution in [3.05, 3.63) is 91.0 Å². The minimum atomic E-state index is -0.328. The van der Waals surface area contributed by atoms with Crippen LogP contribution in [0.15, 0.2) is 96.2 Å². The lowest BCUT2D eigenvalue weighted by atomic mass is 10.2. The van der Waals surface area contributed by atoms with Gasteiger partial charge in [-0.1, -0.05) is 78.5 Å². The first-order chi connectivity index (χ1) is 14.6. The molecule has 0 saturated heterocycles. The molecule has 6 heteroatoms. The molecule has 0 aliphatic heterocycles. The van der Waals surface area contributed by atoms with E-state index in [1.54, 1.807) is 11.9 Å². The second-order valence-corrected chi connectivity index (χ2v) is 8.14. The largest absolute Gasteiger partial charge is 0.315 e. The van der Waals surface area contributed by atoms with Crippen LogP contribution in [0.2, 0.25) is 0 Å². The van der Waals surface area contributed by atoms with Gasteiger partial charge in [-0.15, -0.1) is 10.2 Å². The molecular formula is C24H22N4OS. The molecular weight excluding hydrogens is 392 g/mol. The van der Waals surface area contributed by atoms with Gasteiger partial charge < -0.3 is 4.90 Å². The molecule has 4 aromatic rings. The fourth-order valence-electron chi connectivity index (χ4n) is 3.19. The van der Waals surface area contributed by atoms with Crippen molar-refractivity contribution in [1.82, 2.24) is 14.8 Å². The number of hydrogen-bond acceptors (Lipinski definition) is 4. The Morgan fingerprint density at radius 3 is 2.07 bits per heavy atom. The van der Waals surface area contributed by atoms with Gasteiger partial charge in [0.15, 0.2) is 11.0 Å². The van der Waals surface area contributed by atoms with Crippen LogP contribution in [0.5, 0.6) is 0 Å². The molecule has 4 rings (SSSR count). The first-order valence-electron chi connectivity index (χ1n) is 9.70. The quantitative estimate of drug-likeness (QED) is 0.413. The summed E-state index contributed by atoms with van der Waals surface area (Å²) in [4.78, 5) is 14.7. The molecule has 1 aromatic heterocycles. The summed E-state index contributed by atoms with van der Waals surface area (Å²) in [6, 6.07) is 29.6. The number of nitrogens with zero attached hydrogens (tertiary/aromatic N) is 4. The molecule has 1 heterocycles. The number of aromatic nitrogens is 3. The van der Waals surface area contributed by atoms with E-state index in [2.05, 4.69) is 10.2 Å². The van der Waals surface area contributed by atoms with E-state index >= 15 is 0 Å². The topological polar surface area (TPSA) is 51.0 Å². The number of amides is 1. The molecule has 150 valence electrons. The van der Waals surface area contributed by atoms with Crippen molar-refractivity contribution < 1.29 is 4.79 Å². The van der Waals surface area contributed by atoms with Crippen molar-refractivity contribution in [2.45, 2.75) is 17.3 Å². The molecule has 0 aliphatic rings. The lowest BCUT2D eigenvalue weighted by Gasteiger charge is -2.21. The van der Waals surface area contributed by atoms with Crippen molar-refractivity contribution >= 4 is 23.4 Å². The summed E-state index contributed by atoms with van der Waals surface area (Å²) in [6.45, 7) is 1.90. The first-order valence-corrected chi connectivity index (χ1v) is 10.6. The Balaban J connectivity index is 1.66.